The Morgan fingerprint density at radius 2 is 1.81 bits per heavy atom. The van der Waals surface area contributed by atoms with Gasteiger partial charge in [0.2, 0.25) is 5.91 Å². The number of piperidine rings is 1. The third-order valence-electron chi connectivity index (χ3n) is 6.51. The zero-order chi connectivity index (χ0) is 26.2. The Morgan fingerprint density at radius 3 is 2.49 bits per heavy atom. The Hall–Kier alpha value is -4.18. The Balaban J connectivity index is 1.43. The average Bonchev–Trinajstić information content (AvgIpc) is 3.36. The average molecular weight is 505 g/mol. The third kappa shape index (κ3) is 6.73. The molecule has 194 valence electrons. The van der Waals surface area contributed by atoms with E-state index < -0.39 is 12.1 Å². The number of nitrogens with one attached hydrogen (secondary N) is 2. The van der Waals surface area contributed by atoms with Crippen molar-refractivity contribution < 1.29 is 19.1 Å². The van der Waals surface area contributed by atoms with E-state index in [1.165, 1.54) is 0 Å². The molecule has 0 spiro atoms. The number of hydrogen-bond donors (Lipinski definition) is 3. The van der Waals surface area contributed by atoms with Crippen LogP contribution in [0.4, 0.5) is 10.5 Å². The molecule has 3 aromatic rings. The molecule has 0 bridgehead atoms. The fourth-order valence-corrected chi connectivity index (χ4v) is 4.43. The molecule has 0 unspecified atom stereocenters. The minimum atomic E-state index is -0.838. The maximum Gasteiger partial charge on any atom is 0.408 e. The van der Waals surface area contributed by atoms with Gasteiger partial charge in [-0.25, -0.2) is 9.78 Å². The molecule has 0 saturated carbocycles. The second-order valence-corrected chi connectivity index (χ2v) is 9.07. The number of aromatic nitrogens is 2. The number of benzene rings is 2. The van der Waals surface area contributed by atoms with Crippen LogP contribution in [0.3, 0.4) is 0 Å². The molecule has 1 fully saturated rings. The van der Waals surface area contributed by atoms with Gasteiger partial charge in [-0.05, 0) is 42.0 Å². The Bertz CT molecular complexity index is 1220. The molecule has 2 heterocycles. The second kappa shape index (κ2) is 12.2. The lowest BCUT2D eigenvalue weighted by Gasteiger charge is -2.35. The van der Waals surface area contributed by atoms with Gasteiger partial charge in [0.1, 0.15) is 12.6 Å². The van der Waals surface area contributed by atoms with Gasteiger partial charge >= 0.3 is 6.09 Å². The molecule has 0 radical (unpaired) electrons. The van der Waals surface area contributed by atoms with Crippen molar-refractivity contribution in [1.82, 2.24) is 19.8 Å². The summed E-state index contributed by atoms with van der Waals surface area (Å²) < 4.78 is 7.07. The highest BCUT2D eigenvalue weighted by Gasteiger charge is 2.35. The Morgan fingerprint density at radius 1 is 1.08 bits per heavy atom. The van der Waals surface area contributed by atoms with Gasteiger partial charge in [-0.2, -0.15) is 0 Å². The van der Waals surface area contributed by atoms with E-state index in [0.717, 1.165) is 11.1 Å². The van der Waals surface area contributed by atoms with Gasteiger partial charge in [0.25, 0.3) is 5.91 Å². The van der Waals surface area contributed by atoms with Crippen LogP contribution in [-0.4, -0.2) is 51.5 Å². The molecule has 3 amide bonds. The number of nitrogens with two attached hydrogens (primary N) is 1. The van der Waals surface area contributed by atoms with Gasteiger partial charge in [0.15, 0.2) is 5.82 Å². The number of ether oxygens (including phenoxy) is 1. The normalized spacial score (nSPS) is 14.6. The van der Waals surface area contributed by atoms with Crippen LogP contribution in [0.25, 0.3) is 0 Å². The van der Waals surface area contributed by atoms with Gasteiger partial charge in [0.05, 0.1) is 0 Å². The number of carbonyl (C=O) groups excluding carboxylic acids is 3. The van der Waals surface area contributed by atoms with Crippen molar-refractivity contribution >= 4 is 23.6 Å². The molecule has 1 aromatic heterocycles. The molecular formula is C27H32N6O4. The molecule has 1 aliphatic heterocycles. The number of alkyl carbamates (subject to hydrolysis) is 1. The van der Waals surface area contributed by atoms with Gasteiger partial charge < -0.3 is 30.6 Å². The summed E-state index contributed by atoms with van der Waals surface area (Å²) in [5.74, 6) is -0.317. The van der Waals surface area contributed by atoms with Crippen LogP contribution >= 0.6 is 0 Å². The minimum absolute atomic E-state index is 0.0934. The number of imidazole rings is 1. The van der Waals surface area contributed by atoms with Crippen LogP contribution in [0.15, 0.2) is 67.0 Å². The minimum Gasteiger partial charge on any atom is -0.445 e. The van der Waals surface area contributed by atoms with E-state index in [9.17, 15) is 14.4 Å². The number of likely N-dealkylation sites (tertiary alicyclic amines) is 1. The molecule has 2 aromatic carbocycles. The lowest BCUT2D eigenvalue weighted by Crippen LogP contribution is -2.52. The Kier molecular flexibility index (Phi) is 8.52. The number of nitrogens with zero attached hydrogens (tertiary/aromatic N) is 3. The van der Waals surface area contributed by atoms with E-state index in [4.69, 9.17) is 10.5 Å². The molecule has 10 nitrogen and oxygen atoms in total. The molecular weight excluding hydrogens is 472 g/mol. The zero-order valence-corrected chi connectivity index (χ0v) is 20.8. The van der Waals surface area contributed by atoms with Crippen molar-refractivity contribution in [2.75, 3.05) is 18.4 Å². The van der Waals surface area contributed by atoms with Crippen molar-refractivity contribution in [1.29, 1.82) is 0 Å². The first kappa shape index (κ1) is 25.9. The maximum atomic E-state index is 13.4. The van der Waals surface area contributed by atoms with Crippen molar-refractivity contribution in [3.63, 3.8) is 0 Å². The van der Waals surface area contributed by atoms with Crippen LogP contribution in [0, 0.1) is 5.92 Å². The SMILES string of the molecule is Cn1ccnc1C(=O)N1CCC([C@H](NC(=O)OCc2ccccc2)C(=O)Nc2cccc(CN)c2)CC1. The van der Waals surface area contributed by atoms with E-state index in [1.807, 2.05) is 42.5 Å². The molecule has 4 N–H and O–H groups in total. The summed E-state index contributed by atoms with van der Waals surface area (Å²) in [6.07, 6.45) is 3.72. The van der Waals surface area contributed by atoms with Gasteiger partial charge in [-0.1, -0.05) is 42.5 Å². The lowest BCUT2D eigenvalue weighted by atomic mass is 9.88. The molecule has 1 atom stereocenters. The van der Waals surface area contributed by atoms with Crippen LogP contribution < -0.4 is 16.4 Å². The first-order valence-electron chi connectivity index (χ1n) is 12.3. The number of amides is 3. The predicted molar refractivity (Wildman–Crippen MR) is 138 cm³/mol. The summed E-state index contributed by atoms with van der Waals surface area (Å²) in [7, 11) is 1.78. The monoisotopic (exact) mass is 504 g/mol. The third-order valence-corrected chi connectivity index (χ3v) is 6.51. The highest BCUT2D eigenvalue weighted by atomic mass is 16.5. The van der Waals surface area contributed by atoms with Crippen LogP contribution in [0.2, 0.25) is 0 Å². The molecule has 1 saturated heterocycles. The van der Waals surface area contributed by atoms with Crippen molar-refractivity contribution in [2.24, 2.45) is 18.7 Å². The van der Waals surface area contributed by atoms with Crippen molar-refractivity contribution in [2.45, 2.75) is 32.0 Å². The predicted octanol–water partition coefficient (Wildman–Crippen LogP) is 2.66. The number of aryl methyl sites for hydroxylation is 1. The topological polar surface area (TPSA) is 132 Å². The standard InChI is InChI=1S/C27H32N6O4/c1-32-15-12-29-24(32)26(35)33-13-10-21(11-14-33)23(25(34)30-22-9-5-8-20(16-22)17-28)31-27(36)37-18-19-6-3-2-4-7-19/h2-9,12,15-16,21,23H,10-11,13-14,17-18,28H2,1H3,(H,30,34)(H,31,36)/t23-/m0/s1. The van der Waals surface area contributed by atoms with Crippen LogP contribution in [-0.2, 0) is 29.7 Å². The number of hydrogen-bond acceptors (Lipinski definition) is 6. The summed E-state index contributed by atoms with van der Waals surface area (Å²) in [6, 6.07) is 15.8. The smallest absolute Gasteiger partial charge is 0.408 e. The molecule has 0 aliphatic carbocycles. The fraction of sp³-hybridized carbons (Fsp3) is 0.333. The van der Waals surface area contributed by atoms with Gasteiger partial charge in [0, 0.05) is 44.8 Å². The molecule has 1 aliphatic rings. The van der Waals surface area contributed by atoms with E-state index >= 15 is 0 Å². The van der Waals surface area contributed by atoms with E-state index in [0.29, 0.717) is 44.0 Å². The number of carbonyl (C=O) groups is 3. The first-order valence-corrected chi connectivity index (χ1v) is 12.3. The second-order valence-electron chi connectivity index (χ2n) is 9.07. The number of rotatable bonds is 8. The van der Waals surface area contributed by atoms with Crippen LogP contribution in [0.5, 0.6) is 0 Å². The van der Waals surface area contributed by atoms with Crippen LogP contribution in [0.1, 0.15) is 34.6 Å². The first-order chi connectivity index (χ1) is 17.9. The van der Waals surface area contributed by atoms with Crippen molar-refractivity contribution in [3.8, 4) is 0 Å². The van der Waals surface area contributed by atoms with E-state index in [2.05, 4.69) is 15.6 Å². The lowest BCUT2D eigenvalue weighted by molar-refractivity contribution is -0.119. The highest BCUT2D eigenvalue weighted by Crippen LogP contribution is 2.24. The summed E-state index contributed by atoms with van der Waals surface area (Å²) in [5.41, 5.74) is 8.05. The van der Waals surface area contributed by atoms with E-state index in [-0.39, 0.29) is 24.3 Å². The van der Waals surface area contributed by atoms with Gasteiger partial charge in [-0.3, -0.25) is 9.59 Å². The van der Waals surface area contributed by atoms with Crippen molar-refractivity contribution in [3.05, 3.63) is 83.9 Å². The Labute approximate surface area is 215 Å². The summed E-state index contributed by atoms with van der Waals surface area (Å²) in [6.45, 7) is 1.34. The number of anilines is 1. The summed E-state index contributed by atoms with van der Waals surface area (Å²) >= 11 is 0. The van der Waals surface area contributed by atoms with Gasteiger partial charge in [-0.15, -0.1) is 0 Å². The summed E-state index contributed by atoms with van der Waals surface area (Å²) in [5, 5.41) is 5.67. The molecule has 10 heteroatoms. The molecule has 37 heavy (non-hydrogen) atoms. The summed E-state index contributed by atoms with van der Waals surface area (Å²) in [4.78, 5) is 44.8. The zero-order valence-electron chi connectivity index (χ0n) is 20.8. The van der Waals surface area contributed by atoms with E-state index in [1.54, 1.807) is 41.0 Å². The molecule has 4 rings (SSSR count). The quantitative estimate of drug-likeness (QED) is 0.432. The maximum absolute atomic E-state index is 13.4. The highest BCUT2D eigenvalue weighted by molar-refractivity contribution is 5.97. The largest absolute Gasteiger partial charge is 0.445 e. The fourth-order valence-electron chi connectivity index (χ4n) is 4.43.